The van der Waals surface area contributed by atoms with Gasteiger partial charge in [0.25, 0.3) is 0 Å². The fraction of sp³-hybridized carbons (Fsp3) is 0.583. The lowest BCUT2D eigenvalue weighted by Gasteiger charge is -2.30. The third-order valence-corrected chi connectivity index (χ3v) is 4.43. The van der Waals surface area contributed by atoms with Crippen LogP contribution < -0.4 is 10.2 Å². The van der Waals surface area contributed by atoms with Crippen LogP contribution in [-0.2, 0) is 0 Å². The molecule has 102 valence electrons. The summed E-state index contributed by atoms with van der Waals surface area (Å²) in [4.78, 5) is 12.1. The maximum absolute atomic E-state index is 4.58. The first-order chi connectivity index (χ1) is 9.26. The van der Waals surface area contributed by atoms with Crippen LogP contribution in [0.5, 0.6) is 0 Å². The minimum atomic E-state index is 0.624. The van der Waals surface area contributed by atoms with E-state index in [1.165, 1.54) is 0 Å². The predicted octanol–water partition coefficient (Wildman–Crippen LogP) is 1.42. The Bertz CT molecular complexity index is 540. The number of H-pyrrole nitrogens is 1. The zero-order valence-corrected chi connectivity index (χ0v) is 12.0. The highest BCUT2D eigenvalue weighted by Crippen LogP contribution is 2.24. The van der Waals surface area contributed by atoms with E-state index in [2.05, 4.69) is 30.4 Å². The fourth-order valence-corrected chi connectivity index (χ4v) is 3.06. The molecule has 19 heavy (non-hydrogen) atoms. The summed E-state index contributed by atoms with van der Waals surface area (Å²) in [5, 5.41) is 11.7. The predicted molar refractivity (Wildman–Crippen MR) is 76.5 cm³/mol. The van der Waals surface area contributed by atoms with Gasteiger partial charge in [-0.2, -0.15) is 4.98 Å². The van der Waals surface area contributed by atoms with Crippen LogP contribution in [0.2, 0.25) is 0 Å². The first kappa shape index (κ1) is 12.6. The Morgan fingerprint density at radius 1 is 1.42 bits per heavy atom. The van der Waals surface area contributed by atoms with Gasteiger partial charge in [-0.05, 0) is 26.8 Å². The molecule has 1 saturated heterocycles. The highest BCUT2D eigenvalue weighted by molar-refractivity contribution is 7.14. The van der Waals surface area contributed by atoms with Gasteiger partial charge in [0.15, 0.2) is 5.82 Å². The largest absolute Gasteiger partial charge is 0.339 e. The Morgan fingerprint density at radius 3 is 2.84 bits per heavy atom. The van der Waals surface area contributed by atoms with E-state index in [1.54, 1.807) is 11.3 Å². The zero-order valence-electron chi connectivity index (χ0n) is 11.2. The van der Waals surface area contributed by atoms with Crippen molar-refractivity contribution in [2.45, 2.75) is 25.8 Å². The standard InChI is InChI=1S/C12H18N6S/c1-8-14-7-10(19-8)11-15-12(17-16-11)18-5-3-9(13-2)4-6-18/h7,9,13H,3-6H2,1-2H3,(H,15,16,17). The van der Waals surface area contributed by atoms with Crippen LogP contribution >= 0.6 is 11.3 Å². The first-order valence-electron chi connectivity index (χ1n) is 6.53. The van der Waals surface area contributed by atoms with E-state index in [4.69, 9.17) is 0 Å². The van der Waals surface area contributed by atoms with Crippen LogP contribution in [0.25, 0.3) is 10.7 Å². The lowest BCUT2D eigenvalue weighted by molar-refractivity contribution is 0.439. The monoisotopic (exact) mass is 278 g/mol. The second kappa shape index (κ2) is 5.26. The van der Waals surface area contributed by atoms with Crippen LogP contribution in [0.15, 0.2) is 6.20 Å². The van der Waals surface area contributed by atoms with Crippen molar-refractivity contribution in [3.63, 3.8) is 0 Å². The number of nitrogens with zero attached hydrogens (tertiary/aromatic N) is 4. The van der Waals surface area contributed by atoms with Gasteiger partial charge in [-0.3, -0.25) is 5.10 Å². The molecule has 0 aliphatic carbocycles. The number of aromatic amines is 1. The lowest BCUT2D eigenvalue weighted by atomic mass is 10.1. The molecule has 2 aromatic heterocycles. The average Bonchev–Trinajstić information content (AvgIpc) is 3.07. The van der Waals surface area contributed by atoms with Gasteiger partial charge in [-0.25, -0.2) is 4.98 Å². The smallest absolute Gasteiger partial charge is 0.245 e. The van der Waals surface area contributed by atoms with E-state index in [0.29, 0.717) is 6.04 Å². The molecular weight excluding hydrogens is 260 g/mol. The third kappa shape index (κ3) is 2.62. The minimum Gasteiger partial charge on any atom is -0.339 e. The molecule has 2 N–H and O–H groups in total. The molecule has 3 rings (SSSR count). The van der Waals surface area contributed by atoms with E-state index in [1.807, 2.05) is 20.2 Å². The van der Waals surface area contributed by atoms with Gasteiger partial charge in [0.05, 0.1) is 9.88 Å². The first-order valence-corrected chi connectivity index (χ1v) is 7.35. The van der Waals surface area contributed by atoms with Gasteiger partial charge in [-0.15, -0.1) is 16.4 Å². The summed E-state index contributed by atoms with van der Waals surface area (Å²) >= 11 is 1.63. The van der Waals surface area contributed by atoms with Crippen molar-refractivity contribution in [3.05, 3.63) is 11.2 Å². The summed E-state index contributed by atoms with van der Waals surface area (Å²) in [7, 11) is 2.03. The normalized spacial score (nSPS) is 17.1. The number of hydrogen-bond acceptors (Lipinski definition) is 6. The van der Waals surface area contributed by atoms with Crippen molar-refractivity contribution < 1.29 is 0 Å². The van der Waals surface area contributed by atoms with Crippen molar-refractivity contribution in [2.75, 3.05) is 25.0 Å². The lowest BCUT2D eigenvalue weighted by Crippen LogP contribution is -2.41. The van der Waals surface area contributed by atoms with E-state index >= 15 is 0 Å². The number of aryl methyl sites for hydroxylation is 1. The summed E-state index contributed by atoms with van der Waals surface area (Å²) in [6.07, 6.45) is 4.12. The third-order valence-electron chi connectivity index (χ3n) is 3.51. The molecular formula is C12H18N6S. The highest BCUT2D eigenvalue weighted by Gasteiger charge is 2.21. The highest BCUT2D eigenvalue weighted by atomic mass is 32.1. The van der Waals surface area contributed by atoms with Gasteiger partial charge >= 0.3 is 0 Å². The van der Waals surface area contributed by atoms with Crippen LogP contribution in [0.3, 0.4) is 0 Å². The summed E-state index contributed by atoms with van der Waals surface area (Å²) in [6, 6.07) is 0.624. The number of piperidine rings is 1. The van der Waals surface area contributed by atoms with E-state index in [9.17, 15) is 0 Å². The molecule has 0 aromatic carbocycles. The van der Waals surface area contributed by atoms with Crippen molar-refractivity contribution in [2.24, 2.45) is 0 Å². The van der Waals surface area contributed by atoms with Gasteiger partial charge in [-0.1, -0.05) is 0 Å². The number of hydrogen-bond donors (Lipinski definition) is 2. The molecule has 0 spiro atoms. The van der Waals surface area contributed by atoms with Crippen molar-refractivity contribution in [3.8, 4) is 10.7 Å². The molecule has 1 fully saturated rings. The molecule has 0 saturated carbocycles. The van der Waals surface area contributed by atoms with Crippen molar-refractivity contribution in [1.82, 2.24) is 25.5 Å². The minimum absolute atomic E-state index is 0.624. The van der Waals surface area contributed by atoms with Gasteiger partial charge < -0.3 is 10.2 Å². The Kier molecular flexibility index (Phi) is 3.48. The number of thiazole rings is 1. The Balaban J connectivity index is 1.72. The van der Waals surface area contributed by atoms with Gasteiger partial charge in [0, 0.05) is 25.3 Å². The Morgan fingerprint density at radius 2 is 2.21 bits per heavy atom. The molecule has 1 aliphatic rings. The van der Waals surface area contributed by atoms with Crippen LogP contribution in [-0.4, -0.2) is 46.3 Å². The second-order valence-corrected chi connectivity index (χ2v) is 6.01. The second-order valence-electron chi connectivity index (χ2n) is 4.78. The molecule has 3 heterocycles. The molecule has 6 nitrogen and oxygen atoms in total. The van der Waals surface area contributed by atoms with Crippen molar-refractivity contribution >= 4 is 17.3 Å². The molecule has 0 radical (unpaired) electrons. The van der Waals surface area contributed by atoms with Crippen LogP contribution in [0.4, 0.5) is 5.95 Å². The average molecular weight is 278 g/mol. The number of anilines is 1. The van der Waals surface area contributed by atoms with Crippen LogP contribution in [0, 0.1) is 6.92 Å². The zero-order chi connectivity index (χ0) is 13.2. The molecule has 0 bridgehead atoms. The maximum Gasteiger partial charge on any atom is 0.245 e. The summed E-state index contributed by atoms with van der Waals surface area (Å²) < 4.78 is 0. The molecule has 7 heteroatoms. The number of aromatic nitrogens is 4. The van der Waals surface area contributed by atoms with Crippen LogP contribution in [0.1, 0.15) is 17.8 Å². The molecule has 0 unspecified atom stereocenters. The van der Waals surface area contributed by atoms with E-state index in [0.717, 1.165) is 47.6 Å². The Labute approximate surface area is 116 Å². The molecule has 0 atom stereocenters. The van der Waals surface area contributed by atoms with E-state index < -0.39 is 0 Å². The SMILES string of the molecule is CNC1CCN(c2n[nH]c(-c3cnc(C)s3)n2)CC1. The molecule has 0 amide bonds. The number of nitrogens with one attached hydrogen (secondary N) is 2. The Hall–Kier alpha value is -1.47. The molecule has 2 aromatic rings. The number of rotatable bonds is 3. The maximum atomic E-state index is 4.58. The fourth-order valence-electron chi connectivity index (χ4n) is 2.34. The van der Waals surface area contributed by atoms with Gasteiger partial charge in [0.2, 0.25) is 5.95 Å². The summed E-state index contributed by atoms with van der Waals surface area (Å²) in [5.41, 5.74) is 0. The summed E-state index contributed by atoms with van der Waals surface area (Å²) in [5.74, 6) is 1.62. The van der Waals surface area contributed by atoms with E-state index in [-0.39, 0.29) is 0 Å². The van der Waals surface area contributed by atoms with Crippen molar-refractivity contribution in [1.29, 1.82) is 0 Å². The quantitative estimate of drug-likeness (QED) is 0.888. The molecule has 1 aliphatic heterocycles. The topological polar surface area (TPSA) is 69.7 Å². The summed E-state index contributed by atoms with van der Waals surface area (Å²) in [6.45, 7) is 4.00. The van der Waals surface area contributed by atoms with Gasteiger partial charge in [0.1, 0.15) is 0 Å².